The number of carbonyl (C=O) groups is 1. The van der Waals surface area contributed by atoms with Crippen LogP contribution in [-0.4, -0.2) is 77.7 Å². The molecule has 2 saturated heterocycles. The molecule has 4 heterocycles. The van der Waals surface area contributed by atoms with Gasteiger partial charge in [0, 0.05) is 57.9 Å². The third-order valence-corrected chi connectivity index (χ3v) is 5.60. The van der Waals surface area contributed by atoms with Crippen molar-refractivity contribution in [2.75, 3.05) is 50.8 Å². The summed E-state index contributed by atoms with van der Waals surface area (Å²) in [4.78, 5) is 28.3. The first-order chi connectivity index (χ1) is 12.3. The number of rotatable bonds is 3. The van der Waals surface area contributed by atoms with E-state index < -0.39 is 0 Å². The zero-order chi connectivity index (χ0) is 17.2. The third-order valence-electron chi connectivity index (χ3n) is 5.60. The quantitative estimate of drug-likeness (QED) is 0.803. The van der Waals surface area contributed by atoms with Gasteiger partial charge in [0.2, 0.25) is 0 Å². The highest BCUT2D eigenvalue weighted by Crippen LogP contribution is 2.26. The molecule has 0 unspecified atom stereocenters. The van der Waals surface area contributed by atoms with Gasteiger partial charge in [0.1, 0.15) is 18.2 Å². The van der Waals surface area contributed by atoms with Crippen LogP contribution in [0.2, 0.25) is 0 Å². The van der Waals surface area contributed by atoms with Crippen LogP contribution in [0.15, 0.2) is 6.33 Å². The topological polar surface area (TPSA) is 61.8 Å². The SMILES string of the molecule is CCN1CCc2ncnc(N3CCN(C(=O)[C@H]4CCCO4)CC3)c2C1. The molecule has 0 aromatic carbocycles. The van der Waals surface area contributed by atoms with Gasteiger partial charge in [-0.2, -0.15) is 0 Å². The standard InChI is InChI=1S/C18H27N5O2/c1-2-21-6-5-15-14(12-21)17(20-13-19-15)22-7-9-23(10-8-22)18(24)16-4-3-11-25-16/h13,16H,2-12H2,1H3/t16-/m1/s1. The maximum absolute atomic E-state index is 12.5. The molecule has 0 radical (unpaired) electrons. The Morgan fingerprint density at radius 3 is 2.80 bits per heavy atom. The summed E-state index contributed by atoms with van der Waals surface area (Å²) in [5.74, 6) is 1.23. The van der Waals surface area contributed by atoms with Gasteiger partial charge in [-0.15, -0.1) is 0 Å². The van der Waals surface area contributed by atoms with E-state index in [1.807, 2.05) is 4.90 Å². The van der Waals surface area contributed by atoms with E-state index in [1.165, 1.54) is 11.3 Å². The lowest BCUT2D eigenvalue weighted by Crippen LogP contribution is -2.52. The summed E-state index contributed by atoms with van der Waals surface area (Å²) in [6, 6.07) is 0. The number of amides is 1. The van der Waals surface area contributed by atoms with E-state index in [-0.39, 0.29) is 12.0 Å². The van der Waals surface area contributed by atoms with Crippen molar-refractivity contribution in [1.29, 1.82) is 0 Å². The highest BCUT2D eigenvalue weighted by atomic mass is 16.5. The van der Waals surface area contributed by atoms with E-state index in [9.17, 15) is 4.79 Å². The summed E-state index contributed by atoms with van der Waals surface area (Å²) in [6.45, 7) is 9.12. The van der Waals surface area contributed by atoms with Gasteiger partial charge in [0.05, 0.1) is 5.69 Å². The minimum atomic E-state index is -0.212. The smallest absolute Gasteiger partial charge is 0.251 e. The fraction of sp³-hybridized carbons (Fsp3) is 0.722. The molecule has 1 aromatic heterocycles. The Bertz CT molecular complexity index is 624. The van der Waals surface area contributed by atoms with Crippen molar-refractivity contribution in [3.8, 4) is 0 Å². The van der Waals surface area contributed by atoms with Gasteiger partial charge in [-0.3, -0.25) is 9.69 Å². The van der Waals surface area contributed by atoms with E-state index in [2.05, 4.69) is 26.7 Å². The van der Waals surface area contributed by atoms with Crippen LogP contribution in [0, 0.1) is 0 Å². The fourth-order valence-electron chi connectivity index (χ4n) is 4.04. The molecule has 1 atom stereocenters. The molecule has 0 saturated carbocycles. The molecule has 136 valence electrons. The Morgan fingerprint density at radius 1 is 1.24 bits per heavy atom. The van der Waals surface area contributed by atoms with Crippen LogP contribution in [0.1, 0.15) is 31.0 Å². The van der Waals surface area contributed by atoms with Gasteiger partial charge < -0.3 is 14.5 Å². The number of fused-ring (bicyclic) bond motifs is 1. The minimum Gasteiger partial charge on any atom is -0.368 e. The molecule has 1 amide bonds. The highest BCUT2D eigenvalue weighted by Gasteiger charge is 2.31. The number of anilines is 1. The molecular formula is C18H27N5O2. The Kier molecular flexibility index (Phi) is 4.85. The number of aromatic nitrogens is 2. The summed E-state index contributed by atoms with van der Waals surface area (Å²) in [6.07, 6.45) is 4.34. The second-order valence-corrected chi connectivity index (χ2v) is 7.06. The summed E-state index contributed by atoms with van der Waals surface area (Å²) in [5, 5.41) is 0. The van der Waals surface area contributed by atoms with E-state index in [1.54, 1.807) is 6.33 Å². The number of piperazine rings is 1. The number of nitrogens with zero attached hydrogens (tertiary/aromatic N) is 5. The van der Waals surface area contributed by atoms with Crippen LogP contribution in [0.25, 0.3) is 0 Å². The average Bonchev–Trinajstić information content (AvgIpc) is 3.21. The average molecular weight is 345 g/mol. The zero-order valence-electron chi connectivity index (χ0n) is 15.0. The first-order valence-corrected chi connectivity index (χ1v) is 9.46. The number of hydrogen-bond donors (Lipinski definition) is 0. The molecule has 2 fully saturated rings. The van der Waals surface area contributed by atoms with Crippen molar-refractivity contribution in [3.05, 3.63) is 17.6 Å². The number of ether oxygens (including phenoxy) is 1. The second kappa shape index (κ2) is 7.25. The molecule has 0 N–H and O–H groups in total. The predicted molar refractivity (Wildman–Crippen MR) is 94.5 cm³/mol. The van der Waals surface area contributed by atoms with Gasteiger partial charge in [0.25, 0.3) is 5.91 Å². The molecule has 25 heavy (non-hydrogen) atoms. The summed E-state index contributed by atoms with van der Waals surface area (Å²) >= 11 is 0. The van der Waals surface area contributed by atoms with Crippen molar-refractivity contribution < 1.29 is 9.53 Å². The first-order valence-electron chi connectivity index (χ1n) is 9.46. The molecule has 3 aliphatic rings. The zero-order valence-corrected chi connectivity index (χ0v) is 15.0. The Hall–Kier alpha value is -1.73. The minimum absolute atomic E-state index is 0.166. The molecule has 7 heteroatoms. The summed E-state index contributed by atoms with van der Waals surface area (Å²) in [5.41, 5.74) is 2.46. The summed E-state index contributed by atoms with van der Waals surface area (Å²) < 4.78 is 5.55. The maximum atomic E-state index is 12.5. The van der Waals surface area contributed by atoms with Gasteiger partial charge >= 0.3 is 0 Å². The van der Waals surface area contributed by atoms with Gasteiger partial charge in [-0.25, -0.2) is 9.97 Å². The van der Waals surface area contributed by atoms with Crippen molar-refractivity contribution in [1.82, 2.24) is 19.8 Å². The van der Waals surface area contributed by atoms with E-state index in [4.69, 9.17) is 4.74 Å². The molecule has 7 nitrogen and oxygen atoms in total. The van der Waals surface area contributed by atoms with Crippen LogP contribution in [0.4, 0.5) is 5.82 Å². The number of hydrogen-bond acceptors (Lipinski definition) is 6. The van der Waals surface area contributed by atoms with E-state index in [0.717, 1.165) is 77.5 Å². The third kappa shape index (κ3) is 3.35. The molecule has 3 aliphatic heterocycles. The Morgan fingerprint density at radius 2 is 2.08 bits per heavy atom. The van der Waals surface area contributed by atoms with E-state index in [0.29, 0.717) is 0 Å². The molecule has 0 aliphatic carbocycles. The molecule has 4 rings (SSSR count). The van der Waals surface area contributed by atoms with E-state index >= 15 is 0 Å². The number of likely N-dealkylation sites (N-methyl/N-ethyl adjacent to an activating group) is 1. The lowest BCUT2D eigenvalue weighted by atomic mass is 10.1. The lowest BCUT2D eigenvalue weighted by molar-refractivity contribution is -0.141. The van der Waals surface area contributed by atoms with Crippen LogP contribution < -0.4 is 4.90 Å². The second-order valence-electron chi connectivity index (χ2n) is 7.06. The van der Waals surface area contributed by atoms with Gasteiger partial charge in [0.15, 0.2) is 0 Å². The van der Waals surface area contributed by atoms with Crippen molar-refractivity contribution in [3.63, 3.8) is 0 Å². The predicted octanol–water partition coefficient (Wildman–Crippen LogP) is 0.682. The maximum Gasteiger partial charge on any atom is 0.251 e. The van der Waals surface area contributed by atoms with Crippen LogP contribution in [0.3, 0.4) is 0 Å². The van der Waals surface area contributed by atoms with Crippen LogP contribution in [0.5, 0.6) is 0 Å². The Labute approximate surface area is 149 Å². The van der Waals surface area contributed by atoms with Crippen LogP contribution in [-0.2, 0) is 22.5 Å². The van der Waals surface area contributed by atoms with Gasteiger partial charge in [-0.05, 0) is 19.4 Å². The summed E-state index contributed by atoms with van der Waals surface area (Å²) in [7, 11) is 0. The molecule has 0 bridgehead atoms. The normalized spacial score (nSPS) is 24.4. The Balaban J connectivity index is 1.44. The van der Waals surface area contributed by atoms with Gasteiger partial charge in [-0.1, -0.05) is 6.92 Å². The number of carbonyl (C=O) groups excluding carboxylic acids is 1. The lowest BCUT2D eigenvalue weighted by Gasteiger charge is -2.38. The fourth-order valence-corrected chi connectivity index (χ4v) is 4.04. The molecule has 1 aromatic rings. The van der Waals surface area contributed by atoms with Crippen molar-refractivity contribution in [2.45, 2.75) is 38.8 Å². The van der Waals surface area contributed by atoms with Crippen molar-refractivity contribution in [2.24, 2.45) is 0 Å². The largest absolute Gasteiger partial charge is 0.368 e. The highest BCUT2D eigenvalue weighted by molar-refractivity contribution is 5.81. The molecule has 0 spiro atoms. The van der Waals surface area contributed by atoms with Crippen molar-refractivity contribution >= 4 is 11.7 Å². The monoisotopic (exact) mass is 345 g/mol. The van der Waals surface area contributed by atoms with Crippen LogP contribution >= 0.6 is 0 Å². The first kappa shape index (κ1) is 16.7. The molecular weight excluding hydrogens is 318 g/mol.